The number of sulfonamides is 1. The lowest BCUT2D eigenvalue weighted by Gasteiger charge is -2.22. The summed E-state index contributed by atoms with van der Waals surface area (Å²) in [6.45, 7) is 4.37. The molecule has 0 radical (unpaired) electrons. The number of carbonyl (C=O) groups excluding carboxylic acids is 1. The Bertz CT molecular complexity index is 2120. The van der Waals surface area contributed by atoms with Crippen molar-refractivity contribution in [1.29, 1.82) is 0 Å². The Hall–Kier alpha value is -5.13. The number of fused-ring (bicyclic) bond motifs is 1. The lowest BCUT2D eigenvalue weighted by Crippen LogP contribution is -2.29. The van der Waals surface area contributed by atoms with Crippen molar-refractivity contribution in [1.82, 2.24) is 29.9 Å². The number of hydrogen-bond donors (Lipinski definition) is 3. The smallest absolute Gasteiger partial charge is 0.266 e. The van der Waals surface area contributed by atoms with Crippen LogP contribution in [0, 0.1) is 23.5 Å². The summed E-state index contributed by atoms with van der Waals surface area (Å²) in [4.78, 5) is 17.1. The first-order chi connectivity index (χ1) is 21.6. The Balaban J connectivity index is 1.69. The fourth-order valence-corrected chi connectivity index (χ4v) is 6.03. The van der Waals surface area contributed by atoms with Crippen molar-refractivity contribution in [3.63, 3.8) is 0 Å². The number of halogens is 2. The molecule has 0 aliphatic rings. The maximum atomic E-state index is 14.2. The van der Waals surface area contributed by atoms with Crippen LogP contribution < -0.4 is 10.0 Å². The summed E-state index contributed by atoms with van der Waals surface area (Å²) in [5.74, 6) is 3.70. The van der Waals surface area contributed by atoms with Crippen LogP contribution in [0.3, 0.4) is 0 Å². The molecule has 11 nitrogen and oxygen atoms in total. The Morgan fingerprint density at radius 1 is 1.09 bits per heavy atom. The van der Waals surface area contributed by atoms with Gasteiger partial charge < -0.3 is 10.4 Å². The van der Waals surface area contributed by atoms with Crippen molar-refractivity contribution >= 4 is 32.7 Å². The maximum Gasteiger partial charge on any atom is 0.266 e. The number of aryl methyl sites for hydroxylation is 2. The normalized spacial score (nSPS) is 12.4. The molecule has 1 atom stereocenters. The quantitative estimate of drug-likeness (QED) is 0.216. The van der Waals surface area contributed by atoms with Gasteiger partial charge in [0.05, 0.1) is 23.4 Å². The van der Waals surface area contributed by atoms with Crippen LogP contribution in [0.2, 0.25) is 0 Å². The van der Waals surface area contributed by atoms with Gasteiger partial charge in [0.2, 0.25) is 5.91 Å². The third-order valence-electron chi connectivity index (χ3n) is 6.87. The number of amides is 1. The van der Waals surface area contributed by atoms with Crippen molar-refractivity contribution in [2.45, 2.75) is 43.7 Å². The molecule has 46 heavy (non-hydrogen) atoms. The fraction of sp³-hybridized carbons (Fsp3) is 0.250. The van der Waals surface area contributed by atoms with Gasteiger partial charge in [-0.25, -0.2) is 22.2 Å². The first-order valence-electron chi connectivity index (χ1n) is 14.1. The second-order valence-corrected chi connectivity index (χ2v) is 13.0. The molecule has 3 aromatic heterocycles. The van der Waals surface area contributed by atoms with Gasteiger partial charge >= 0.3 is 0 Å². The van der Waals surface area contributed by atoms with Crippen LogP contribution in [0.1, 0.15) is 43.8 Å². The van der Waals surface area contributed by atoms with E-state index in [4.69, 9.17) is 4.98 Å². The first-order valence-corrected chi connectivity index (χ1v) is 15.5. The number of hydrogen-bond acceptors (Lipinski definition) is 7. The van der Waals surface area contributed by atoms with Crippen LogP contribution in [0.4, 0.5) is 14.6 Å². The van der Waals surface area contributed by atoms with Crippen LogP contribution in [0.25, 0.3) is 22.0 Å². The summed E-state index contributed by atoms with van der Waals surface area (Å²) >= 11 is 0. The van der Waals surface area contributed by atoms with Gasteiger partial charge in [-0.05, 0) is 62.1 Å². The van der Waals surface area contributed by atoms with Crippen LogP contribution in [0.5, 0.6) is 0 Å². The summed E-state index contributed by atoms with van der Waals surface area (Å²) in [5, 5.41) is 21.9. The van der Waals surface area contributed by atoms with Gasteiger partial charge in [-0.1, -0.05) is 18.1 Å². The minimum atomic E-state index is -4.01. The SMILES string of the molecule is CC(=O)N[C@@H](Cc1cc(F)cc(F)c1)c1nc(C#CC(C)(C)O)ccc1-c1cccc2c(NS(=O)(=O)c3cnn(C)c3)nn(C)c12. The first kappa shape index (κ1) is 32.3. The van der Waals surface area contributed by atoms with Crippen molar-refractivity contribution in [2.24, 2.45) is 14.1 Å². The zero-order chi connectivity index (χ0) is 33.4. The molecular weight excluding hydrogens is 616 g/mol. The molecular formula is C32H31F2N7O4S. The lowest BCUT2D eigenvalue weighted by atomic mass is 9.93. The Kier molecular flexibility index (Phi) is 8.66. The topological polar surface area (TPSA) is 144 Å². The number of nitrogens with one attached hydrogen (secondary N) is 2. The summed E-state index contributed by atoms with van der Waals surface area (Å²) in [6, 6.07) is 10.9. The van der Waals surface area contributed by atoms with E-state index in [0.29, 0.717) is 27.7 Å². The van der Waals surface area contributed by atoms with Gasteiger partial charge in [0.1, 0.15) is 27.8 Å². The minimum absolute atomic E-state index is 0.0197. The molecule has 0 spiro atoms. The summed E-state index contributed by atoms with van der Waals surface area (Å²) in [7, 11) is -0.752. The number of aliphatic hydroxyl groups is 1. The average molecular weight is 648 g/mol. The highest BCUT2D eigenvalue weighted by atomic mass is 32.2. The lowest BCUT2D eigenvalue weighted by molar-refractivity contribution is -0.119. The zero-order valence-electron chi connectivity index (χ0n) is 25.6. The predicted octanol–water partition coefficient (Wildman–Crippen LogP) is 3.99. The second kappa shape index (κ2) is 12.3. The Labute approximate surface area is 264 Å². The zero-order valence-corrected chi connectivity index (χ0v) is 26.4. The van der Waals surface area contributed by atoms with Crippen LogP contribution in [-0.4, -0.2) is 49.6 Å². The van der Waals surface area contributed by atoms with Crippen molar-refractivity contribution in [3.8, 4) is 23.0 Å². The van der Waals surface area contributed by atoms with E-state index in [1.54, 1.807) is 44.4 Å². The fourth-order valence-electron chi connectivity index (χ4n) is 5.03. The average Bonchev–Trinajstić information content (AvgIpc) is 3.53. The molecule has 2 aromatic carbocycles. The van der Waals surface area contributed by atoms with Gasteiger partial charge in [-0.3, -0.25) is 18.9 Å². The highest BCUT2D eigenvalue weighted by molar-refractivity contribution is 7.92. The molecule has 0 saturated heterocycles. The molecule has 1 amide bonds. The van der Waals surface area contributed by atoms with Gasteiger partial charge in [0.15, 0.2) is 5.82 Å². The predicted molar refractivity (Wildman–Crippen MR) is 168 cm³/mol. The molecule has 238 valence electrons. The van der Waals surface area contributed by atoms with Gasteiger partial charge in [-0.2, -0.15) is 10.2 Å². The molecule has 0 saturated carbocycles. The minimum Gasteiger partial charge on any atom is -0.378 e. The van der Waals surface area contributed by atoms with E-state index in [-0.39, 0.29) is 28.4 Å². The number of aromatic nitrogens is 5. The Morgan fingerprint density at radius 3 is 2.43 bits per heavy atom. The van der Waals surface area contributed by atoms with E-state index in [0.717, 1.165) is 6.07 Å². The number of pyridine rings is 1. The molecule has 5 rings (SSSR count). The molecule has 0 aliphatic heterocycles. The molecule has 5 aromatic rings. The van der Waals surface area contributed by atoms with Crippen LogP contribution in [-0.2, 0) is 35.3 Å². The van der Waals surface area contributed by atoms with E-state index in [1.807, 2.05) is 0 Å². The van der Waals surface area contributed by atoms with Crippen LogP contribution in [0.15, 0.2) is 65.8 Å². The molecule has 0 bridgehead atoms. The number of rotatable bonds is 8. The molecule has 3 heterocycles. The monoisotopic (exact) mass is 647 g/mol. The van der Waals surface area contributed by atoms with Gasteiger partial charge in [0, 0.05) is 49.8 Å². The number of benzene rings is 2. The highest BCUT2D eigenvalue weighted by Gasteiger charge is 2.25. The highest BCUT2D eigenvalue weighted by Crippen LogP contribution is 2.37. The molecule has 0 fully saturated rings. The standard InChI is InChI=1S/C32H31F2N7O4S/c1-19(42)36-28(15-20-13-21(33)16-22(34)14-20)29-25(10-9-23(37-29)11-12-32(2,3)43)26-7-6-8-27-30(26)41(5)38-31(27)39-46(44,45)24-17-35-40(4)18-24/h6-10,13-14,16-18,28,43H,15H2,1-5H3,(H,36,42)(H,38,39)/t28-/m0/s1. The molecule has 0 unspecified atom stereocenters. The number of nitrogens with zero attached hydrogens (tertiary/aromatic N) is 5. The third kappa shape index (κ3) is 7.22. The summed E-state index contributed by atoms with van der Waals surface area (Å²) < 4.78 is 60.0. The molecule has 0 aliphatic carbocycles. The van der Waals surface area contributed by atoms with E-state index in [1.165, 1.54) is 54.7 Å². The van der Waals surface area contributed by atoms with E-state index in [2.05, 4.69) is 32.1 Å². The number of anilines is 1. The third-order valence-corrected chi connectivity index (χ3v) is 8.16. The second-order valence-electron chi connectivity index (χ2n) is 11.3. The van der Waals surface area contributed by atoms with Gasteiger partial charge in [-0.15, -0.1) is 0 Å². The van der Waals surface area contributed by atoms with Crippen molar-refractivity contribution in [2.75, 3.05) is 4.72 Å². The molecule has 14 heteroatoms. The number of para-hydroxylation sites is 1. The summed E-state index contributed by atoms with van der Waals surface area (Å²) in [5.41, 5.74) is 1.24. The Morgan fingerprint density at radius 2 is 1.80 bits per heavy atom. The summed E-state index contributed by atoms with van der Waals surface area (Å²) in [6.07, 6.45) is 2.58. The van der Waals surface area contributed by atoms with Crippen LogP contribution >= 0.6 is 0 Å². The van der Waals surface area contributed by atoms with Gasteiger partial charge in [0.25, 0.3) is 10.0 Å². The largest absolute Gasteiger partial charge is 0.378 e. The van der Waals surface area contributed by atoms with Crippen molar-refractivity contribution < 1.29 is 27.1 Å². The van der Waals surface area contributed by atoms with E-state index < -0.39 is 39.2 Å². The molecule has 3 N–H and O–H groups in total. The maximum absolute atomic E-state index is 14.2. The van der Waals surface area contributed by atoms with E-state index >= 15 is 0 Å². The number of carbonyl (C=O) groups is 1. The van der Waals surface area contributed by atoms with Crippen molar-refractivity contribution in [3.05, 3.63) is 89.5 Å². The van der Waals surface area contributed by atoms with E-state index in [9.17, 15) is 27.1 Å².